The Morgan fingerprint density at radius 1 is 0.673 bits per heavy atom. The fourth-order valence-corrected chi connectivity index (χ4v) is 14.9. The summed E-state index contributed by atoms with van der Waals surface area (Å²) in [7, 11) is -13.0. The summed E-state index contributed by atoms with van der Waals surface area (Å²) >= 11 is 0. The average Bonchev–Trinajstić information content (AvgIpc) is 1.59. The number of aliphatic imine (C=N–C) groups is 1. The van der Waals surface area contributed by atoms with Crippen molar-refractivity contribution >= 4 is 94.8 Å². The largest absolute Gasteiger partial charge is 0.481 e. The van der Waals surface area contributed by atoms with Gasteiger partial charge >= 0.3 is 23.9 Å². The number of carbonyl (C=O) groups excluding carboxylic acids is 4. The second-order valence-electron chi connectivity index (χ2n) is 27.6. The smallest absolute Gasteiger partial charge is 0.326 e. The van der Waals surface area contributed by atoms with Gasteiger partial charge in [-0.1, -0.05) is 75.9 Å². The van der Waals surface area contributed by atoms with E-state index in [4.69, 9.17) is 21.3 Å². The van der Waals surface area contributed by atoms with Gasteiger partial charge in [-0.05, 0) is 162 Å². The topological polar surface area (TPSA) is 459 Å². The Balaban J connectivity index is 1.18. The molecule has 0 radical (unpaired) electrons. The predicted octanol–water partition coefficient (Wildman–Crippen LogP) is 9.16. The fourth-order valence-electron chi connectivity index (χ4n) is 13.2. The van der Waals surface area contributed by atoms with Gasteiger partial charge in [0.05, 0.1) is 33.8 Å². The highest BCUT2D eigenvalue weighted by molar-refractivity contribution is 7.86. The number of carboxylic acid groups (broad SMARTS) is 3. The van der Waals surface area contributed by atoms with Crippen LogP contribution in [-0.4, -0.2) is 162 Å². The molecule has 1 aliphatic carbocycles. The van der Waals surface area contributed by atoms with E-state index in [0.29, 0.717) is 105 Å². The lowest BCUT2D eigenvalue weighted by Crippen LogP contribution is -2.46. The van der Waals surface area contributed by atoms with Crippen LogP contribution in [0, 0.1) is 5.92 Å². The number of Topliss-reactive ketones (excluding diaryl/α,β-unsaturated/α-hetero) is 2. The number of hydrogen-bond acceptors (Lipinski definition) is 16. The van der Waals surface area contributed by atoms with E-state index in [1.54, 1.807) is 30.3 Å². The first kappa shape index (κ1) is 84.3. The summed E-state index contributed by atoms with van der Waals surface area (Å²) in [6, 6.07) is 16.0. The highest BCUT2D eigenvalue weighted by Gasteiger charge is 2.45. The van der Waals surface area contributed by atoms with Gasteiger partial charge in [-0.15, -0.1) is 0 Å². The first-order valence-electron chi connectivity index (χ1n) is 35.2. The number of urea groups is 1. The normalized spacial score (nSPS) is 16.6. The Kier molecular flexibility index (Phi) is 31.6. The number of fused-ring (bicyclic) bond motifs is 2. The van der Waals surface area contributed by atoms with E-state index in [2.05, 4.69) is 45.4 Å². The number of anilines is 1. The molecule has 31 heteroatoms. The van der Waals surface area contributed by atoms with Gasteiger partial charge in [-0.25, -0.2) is 9.59 Å². The molecule has 3 amide bonds. The molecule has 3 atom stereocenters. The van der Waals surface area contributed by atoms with Crippen LogP contribution in [-0.2, 0) is 76.4 Å². The van der Waals surface area contributed by atoms with Crippen molar-refractivity contribution in [2.75, 3.05) is 42.6 Å². The molecular weight excluding hydrogens is 1410 g/mol. The number of nitrogens with one attached hydrogen (secondary N) is 3. The van der Waals surface area contributed by atoms with E-state index in [1.807, 2.05) is 61.3 Å². The molecule has 570 valence electrons. The van der Waals surface area contributed by atoms with Crippen molar-refractivity contribution in [1.82, 2.24) is 16.0 Å². The van der Waals surface area contributed by atoms with E-state index < -0.39 is 107 Å². The predicted molar refractivity (Wildman–Crippen MR) is 393 cm³/mol. The molecule has 0 saturated carbocycles. The first-order chi connectivity index (χ1) is 48.9. The van der Waals surface area contributed by atoms with Crippen LogP contribution in [0.4, 0.5) is 16.2 Å². The summed E-state index contributed by atoms with van der Waals surface area (Å²) in [4.78, 5) is 93.2. The van der Waals surface area contributed by atoms with Crippen molar-refractivity contribution in [1.29, 1.82) is 0 Å². The van der Waals surface area contributed by atoms with Gasteiger partial charge < -0.3 is 52.4 Å². The number of carboxylic acids is 3. The molecule has 3 aromatic rings. The van der Waals surface area contributed by atoms with Gasteiger partial charge in [-0.2, -0.15) is 29.8 Å². The van der Waals surface area contributed by atoms with Crippen LogP contribution < -0.4 is 37.1 Å². The van der Waals surface area contributed by atoms with Gasteiger partial charge in [-0.3, -0.25) is 42.6 Å². The minimum absolute atomic E-state index is 0.0379. The molecule has 0 unspecified atom stereocenters. The number of guanidine groups is 1. The zero-order valence-electron chi connectivity index (χ0n) is 59.5. The number of ether oxygens (including phenoxy) is 1. The second kappa shape index (κ2) is 38.9. The van der Waals surface area contributed by atoms with Crippen molar-refractivity contribution in [2.45, 2.75) is 203 Å². The van der Waals surface area contributed by atoms with E-state index >= 15 is 0 Å². The number of benzene rings is 3. The minimum atomic E-state index is -4.61. The molecule has 0 saturated heterocycles. The van der Waals surface area contributed by atoms with E-state index in [9.17, 15) is 82.7 Å². The van der Waals surface area contributed by atoms with Crippen LogP contribution in [0.3, 0.4) is 0 Å². The van der Waals surface area contributed by atoms with Crippen LogP contribution in [0.15, 0.2) is 124 Å². The summed E-state index contributed by atoms with van der Waals surface area (Å²) in [5, 5.41) is 36.4. The number of allylic oxidation sites excluding steroid dienone is 7. The zero-order valence-corrected chi connectivity index (χ0v) is 62.0. The molecule has 3 aromatic carbocycles. The molecule has 2 heterocycles. The molecule has 28 nitrogen and oxygen atoms in total. The molecule has 13 N–H and O–H groups in total. The average molecular weight is 1510 g/mol. The molecule has 0 bridgehead atoms. The van der Waals surface area contributed by atoms with Gasteiger partial charge in [0.25, 0.3) is 30.4 Å². The number of ketones is 2. The van der Waals surface area contributed by atoms with Crippen LogP contribution in [0.1, 0.15) is 186 Å². The van der Waals surface area contributed by atoms with Crippen LogP contribution in [0.2, 0.25) is 0 Å². The van der Waals surface area contributed by atoms with E-state index in [0.717, 1.165) is 41.0 Å². The molecule has 0 spiro atoms. The van der Waals surface area contributed by atoms with E-state index in [-0.39, 0.29) is 106 Å². The van der Waals surface area contributed by atoms with Crippen molar-refractivity contribution < 1.29 is 97.1 Å². The standard InChI is InChI=1S/C73H100N8O20S3/c1-72(2)56-23-11-12-25-60(56)80(42-13-15-44-102(92,93)94)63(72)38-30-50-20-17-21-51(31-39-64-73(3,4)57-48-55(104(98,99)100)35-37-61(57)81(64)43-14-16-45-103(95,96)97)67(50)101-54-33-28-49(29-34-54)46-52(68(87)88)47-62(83)58(24-18-40-76-70(74)75)78-65(84)26-10-8-6-5-7-9-22-53(82)32-36-59(69(89)90)79-71(91)77-41-19-27-66(85)86/h11-12,23,25,28-31,33-35,37-39,48,52,58-59H,5-10,13-22,24,26-27,32,36,40-47H2,1-4H3,(H12-,74,75,76,77,78,79,84,85,86,87,88,89,90,91,92,93,94,95,96,97,98,99,100)/p+1/t52-,58+,59+/m1/s1. The number of para-hydroxylation sites is 1. The SMILES string of the molecule is CC1(C)C(/C=C/C2=C(Oc3ccc(C[C@H](CC(=O)[C@H](CCCN=C(N)N)NC(=O)CCCCCCCCC(=O)CC[C@H](NC(=O)NCCCC(=O)O)C(=O)O)C(=O)O)cc3)C(=C/C=C3/N(CCCCS(=O)(=O)O)c4ccc(S(=O)(=O)O)cc4C3(C)C)/CCC2)=[N+](CCCCS(=O)(=O)O)c2ccccc21. The maximum Gasteiger partial charge on any atom is 0.326 e. The lowest BCUT2D eigenvalue weighted by molar-refractivity contribution is -0.438. The van der Waals surface area contributed by atoms with Crippen molar-refractivity contribution in [3.05, 3.63) is 130 Å². The zero-order chi connectivity index (χ0) is 76.6. The highest BCUT2D eigenvalue weighted by atomic mass is 32.2. The molecule has 0 fully saturated rings. The van der Waals surface area contributed by atoms with Crippen molar-refractivity contribution in [3.63, 3.8) is 0 Å². The molecule has 104 heavy (non-hydrogen) atoms. The van der Waals surface area contributed by atoms with Crippen LogP contribution in [0.5, 0.6) is 5.75 Å². The summed E-state index contributed by atoms with van der Waals surface area (Å²) in [6.07, 6.45) is 14.8. The van der Waals surface area contributed by atoms with Crippen LogP contribution in [0.25, 0.3) is 0 Å². The van der Waals surface area contributed by atoms with Gasteiger partial charge in [0, 0.05) is 92.7 Å². The van der Waals surface area contributed by atoms with Gasteiger partial charge in [0.1, 0.15) is 29.9 Å². The maximum atomic E-state index is 14.1. The Morgan fingerprint density at radius 3 is 1.98 bits per heavy atom. The van der Waals surface area contributed by atoms with Gasteiger partial charge in [0.2, 0.25) is 11.6 Å². The summed E-state index contributed by atoms with van der Waals surface area (Å²) in [6.45, 7) is 8.94. The third-order valence-electron chi connectivity index (χ3n) is 18.8. The van der Waals surface area contributed by atoms with E-state index in [1.165, 1.54) is 12.1 Å². The lowest BCUT2D eigenvalue weighted by Gasteiger charge is -2.27. The molecule has 6 rings (SSSR count). The number of nitrogens with two attached hydrogens (primary N) is 2. The number of amides is 3. The van der Waals surface area contributed by atoms with Crippen molar-refractivity contribution in [3.8, 4) is 5.75 Å². The summed E-state index contributed by atoms with van der Waals surface area (Å²) < 4.78 is 110. The third kappa shape index (κ3) is 26.5. The number of unbranched alkanes of at least 4 members (excludes halogenated alkanes) is 7. The number of aliphatic carboxylic acids is 3. The summed E-state index contributed by atoms with van der Waals surface area (Å²) in [5.74, 6) is -5.94. The summed E-state index contributed by atoms with van der Waals surface area (Å²) in [5.41, 5.74) is 16.7. The van der Waals surface area contributed by atoms with Crippen molar-refractivity contribution in [2.24, 2.45) is 22.4 Å². The Labute approximate surface area is 608 Å². The van der Waals surface area contributed by atoms with Crippen LogP contribution >= 0.6 is 0 Å². The molecule has 2 aliphatic heterocycles. The molecule has 0 aromatic heterocycles. The Morgan fingerprint density at radius 2 is 1.34 bits per heavy atom. The number of rotatable bonds is 45. The highest BCUT2D eigenvalue weighted by Crippen LogP contribution is 2.49. The Hall–Kier alpha value is -8.62. The third-order valence-corrected chi connectivity index (χ3v) is 21.2. The monoisotopic (exact) mass is 1510 g/mol. The maximum absolute atomic E-state index is 14.1. The van der Waals surface area contributed by atoms with Gasteiger partial charge in [0.15, 0.2) is 17.5 Å². The number of hydrogen-bond donors (Lipinski definition) is 11. The minimum Gasteiger partial charge on any atom is -0.481 e. The number of carbonyl (C=O) groups is 7. The number of nitrogens with zero attached hydrogens (tertiary/aromatic N) is 3. The lowest BCUT2D eigenvalue weighted by atomic mass is 9.81. The Bertz CT molecular complexity index is 4140. The second-order valence-corrected chi connectivity index (χ2v) is 32.2. The quantitative estimate of drug-likeness (QED) is 0.00825. The molecular formula is C73H101N8O20S3+. The first-order valence-corrected chi connectivity index (χ1v) is 39.9. The molecule has 3 aliphatic rings. The fraction of sp³-hybridized carbons (Fsp3) is 0.521.